The van der Waals surface area contributed by atoms with Gasteiger partial charge in [-0.05, 0) is 74.9 Å². The highest BCUT2D eigenvalue weighted by Crippen LogP contribution is 2.32. The van der Waals surface area contributed by atoms with Crippen LogP contribution in [0.3, 0.4) is 0 Å². The lowest BCUT2D eigenvalue weighted by Gasteiger charge is -2.29. The number of nitrogens with zero attached hydrogens (tertiary/aromatic N) is 4. The molecule has 0 aliphatic heterocycles. The summed E-state index contributed by atoms with van der Waals surface area (Å²) in [5.41, 5.74) is 2.98. The first-order chi connectivity index (χ1) is 16.9. The maximum atomic E-state index is 13.3. The molecule has 1 aliphatic rings. The molecule has 4 aromatic rings. The predicted octanol–water partition coefficient (Wildman–Crippen LogP) is 5.56. The Morgan fingerprint density at radius 1 is 1.09 bits per heavy atom. The summed E-state index contributed by atoms with van der Waals surface area (Å²) in [5.74, 6) is 0.0758. The minimum atomic E-state index is -1.11. The van der Waals surface area contributed by atoms with Gasteiger partial charge in [-0.1, -0.05) is 19.1 Å². The zero-order valence-corrected chi connectivity index (χ0v) is 19.8. The fraction of sp³-hybridized carbons (Fsp3) is 0.333. The number of amides is 1. The Kier molecular flexibility index (Phi) is 6.11. The first-order valence-corrected chi connectivity index (χ1v) is 12.0. The van der Waals surface area contributed by atoms with E-state index in [9.17, 15) is 14.7 Å². The van der Waals surface area contributed by atoms with Crippen molar-refractivity contribution in [2.45, 2.75) is 39.5 Å². The molecule has 1 fully saturated rings. The molecule has 1 N–H and O–H groups in total. The summed E-state index contributed by atoms with van der Waals surface area (Å²) in [6.07, 6.45) is 5.15. The van der Waals surface area contributed by atoms with Gasteiger partial charge < -0.3 is 9.52 Å². The van der Waals surface area contributed by atoms with E-state index in [2.05, 4.69) is 17.0 Å². The molecule has 2 aromatic carbocycles. The highest BCUT2D eigenvalue weighted by atomic mass is 16.4. The van der Waals surface area contributed by atoms with Crippen molar-refractivity contribution in [1.82, 2.24) is 14.8 Å². The second-order valence-corrected chi connectivity index (χ2v) is 9.19. The number of fused-ring (bicyclic) bond motifs is 1. The summed E-state index contributed by atoms with van der Waals surface area (Å²) in [5, 5.41) is 14.4. The van der Waals surface area contributed by atoms with Crippen LogP contribution in [-0.4, -0.2) is 38.3 Å². The van der Waals surface area contributed by atoms with Crippen molar-refractivity contribution in [3.8, 4) is 17.1 Å². The second kappa shape index (κ2) is 9.37. The number of hydrogen-bond donors (Lipinski definition) is 1. The Morgan fingerprint density at radius 2 is 1.80 bits per heavy atom. The first-order valence-electron chi connectivity index (χ1n) is 12.0. The topological polar surface area (TPSA) is 101 Å². The van der Waals surface area contributed by atoms with Crippen LogP contribution in [0, 0.1) is 11.8 Å². The Labute approximate surface area is 203 Å². The van der Waals surface area contributed by atoms with Gasteiger partial charge in [0.1, 0.15) is 11.1 Å². The molecule has 0 radical (unpaired) electrons. The lowest BCUT2D eigenvalue weighted by atomic mass is 9.82. The number of benzene rings is 2. The number of carboxylic acid groups (broad SMARTS) is 1. The summed E-state index contributed by atoms with van der Waals surface area (Å²) < 4.78 is 7.34. The predicted molar refractivity (Wildman–Crippen MR) is 133 cm³/mol. The van der Waals surface area contributed by atoms with Crippen molar-refractivity contribution in [1.29, 1.82) is 0 Å². The Hall–Kier alpha value is -3.94. The molecule has 8 heteroatoms. The number of anilines is 1. The first kappa shape index (κ1) is 22.8. The molecule has 35 heavy (non-hydrogen) atoms. The van der Waals surface area contributed by atoms with E-state index >= 15 is 0 Å². The van der Waals surface area contributed by atoms with Crippen molar-refractivity contribution in [3.05, 3.63) is 60.3 Å². The van der Waals surface area contributed by atoms with E-state index in [0.717, 1.165) is 36.8 Å². The Bertz CT molecular complexity index is 1330. The summed E-state index contributed by atoms with van der Waals surface area (Å²) in [7, 11) is 0. The van der Waals surface area contributed by atoms with E-state index in [4.69, 9.17) is 4.42 Å². The molecular weight excluding hydrogens is 444 g/mol. The average Bonchev–Trinajstić information content (AvgIpc) is 3.50. The molecule has 0 bridgehead atoms. The van der Waals surface area contributed by atoms with Crippen LogP contribution in [0.4, 0.5) is 5.82 Å². The van der Waals surface area contributed by atoms with Crippen LogP contribution in [0.5, 0.6) is 0 Å². The molecule has 0 unspecified atom stereocenters. The highest BCUT2D eigenvalue weighted by molar-refractivity contribution is 6.01. The Balaban J connectivity index is 1.43. The van der Waals surface area contributed by atoms with Gasteiger partial charge in [0.2, 0.25) is 11.8 Å². The molecule has 180 valence electrons. The van der Waals surface area contributed by atoms with Gasteiger partial charge in [0, 0.05) is 24.2 Å². The number of rotatable bonds is 6. The number of carbonyl (C=O) groups excluding carboxylic acids is 1. The second-order valence-electron chi connectivity index (χ2n) is 9.19. The van der Waals surface area contributed by atoms with Crippen LogP contribution in [0.1, 0.15) is 49.9 Å². The van der Waals surface area contributed by atoms with Gasteiger partial charge in [0.15, 0.2) is 11.4 Å². The third kappa shape index (κ3) is 4.43. The number of carbonyl (C=O) groups is 2. The van der Waals surface area contributed by atoms with E-state index < -0.39 is 5.97 Å². The van der Waals surface area contributed by atoms with Crippen LogP contribution in [-0.2, 0) is 4.79 Å². The maximum Gasteiger partial charge on any atom is 0.341 e. The third-order valence-electron chi connectivity index (χ3n) is 6.80. The molecule has 0 atom stereocenters. The monoisotopic (exact) mass is 472 g/mol. The molecule has 0 saturated heterocycles. The fourth-order valence-corrected chi connectivity index (χ4v) is 4.74. The Morgan fingerprint density at radius 3 is 2.46 bits per heavy atom. The number of oxazole rings is 1. The minimum absolute atomic E-state index is 0.00686. The van der Waals surface area contributed by atoms with Crippen molar-refractivity contribution < 1.29 is 19.1 Å². The maximum absolute atomic E-state index is 13.3. The van der Waals surface area contributed by atoms with E-state index in [-0.39, 0.29) is 23.2 Å². The van der Waals surface area contributed by atoms with Crippen LogP contribution >= 0.6 is 0 Å². The van der Waals surface area contributed by atoms with Gasteiger partial charge in [0.25, 0.3) is 0 Å². The normalized spacial score (nSPS) is 18.0. The quantitative estimate of drug-likeness (QED) is 0.394. The minimum Gasteiger partial charge on any atom is -0.477 e. The van der Waals surface area contributed by atoms with E-state index in [1.54, 1.807) is 0 Å². The molecule has 1 amide bonds. The van der Waals surface area contributed by atoms with Crippen molar-refractivity contribution in [2.75, 3.05) is 11.4 Å². The van der Waals surface area contributed by atoms with Crippen LogP contribution in [0.2, 0.25) is 0 Å². The van der Waals surface area contributed by atoms with Gasteiger partial charge in [-0.25, -0.2) is 14.5 Å². The fourth-order valence-electron chi connectivity index (χ4n) is 4.74. The van der Waals surface area contributed by atoms with Gasteiger partial charge in [-0.15, -0.1) is 5.10 Å². The third-order valence-corrected chi connectivity index (χ3v) is 6.80. The summed E-state index contributed by atoms with van der Waals surface area (Å²) in [4.78, 5) is 31.4. The molecule has 5 rings (SSSR count). The smallest absolute Gasteiger partial charge is 0.341 e. The number of para-hydroxylation sites is 2. The summed E-state index contributed by atoms with van der Waals surface area (Å²) in [6, 6.07) is 14.9. The molecule has 1 aliphatic carbocycles. The number of aromatic nitrogens is 3. The van der Waals surface area contributed by atoms with E-state index in [1.807, 2.05) is 55.5 Å². The molecule has 8 nitrogen and oxygen atoms in total. The zero-order chi connectivity index (χ0) is 24.5. The summed E-state index contributed by atoms with van der Waals surface area (Å²) in [6.45, 7) is 4.42. The largest absolute Gasteiger partial charge is 0.477 e. The van der Waals surface area contributed by atoms with E-state index in [1.165, 1.54) is 15.8 Å². The van der Waals surface area contributed by atoms with Crippen molar-refractivity contribution in [2.24, 2.45) is 11.8 Å². The number of carboxylic acids is 1. The van der Waals surface area contributed by atoms with Crippen LogP contribution < -0.4 is 4.90 Å². The molecule has 2 aromatic heterocycles. The average molecular weight is 473 g/mol. The van der Waals surface area contributed by atoms with E-state index in [0.29, 0.717) is 29.6 Å². The summed E-state index contributed by atoms with van der Waals surface area (Å²) >= 11 is 0. The van der Waals surface area contributed by atoms with Crippen LogP contribution in [0.25, 0.3) is 28.2 Å². The van der Waals surface area contributed by atoms with Gasteiger partial charge in [0.05, 0.1) is 5.69 Å². The molecule has 0 spiro atoms. The van der Waals surface area contributed by atoms with Crippen molar-refractivity contribution >= 4 is 28.8 Å². The molecule has 2 heterocycles. The number of hydrogen-bond acceptors (Lipinski definition) is 5. The number of aromatic carboxylic acids is 1. The van der Waals surface area contributed by atoms with Gasteiger partial charge >= 0.3 is 5.97 Å². The SMILES string of the molecule is CCN(c1nn(-c2ccc(-c3nc4ccccc4o3)cc2)cc1C(=O)O)C(=O)[C@H]1CC[C@H](C)CC1. The molecule has 1 saturated carbocycles. The van der Waals surface area contributed by atoms with Crippen LogP contribution in [0.15, 0.2) is 59.1 Å². The zero-order valence-electron chi connectivity index (χ0n) is 19.8. The molecular formula is C27H28N4O4. The lowest BCUT2D eigenvalue weighted by molar-refractivity contribution is -0.123. The standard InChI is InChI=1S/C27H28N4O4/c1-3-30(26(32)19-10-8-17(2)9-11-19)24-21(27(33)34)16-31(29-24)20-14-12-18(13-15-20)25-28-22-6-4-5-7-23(22)35-25/h4-7,12-17,19H,3,8-11H2,1-2H3,(H,33,34)/t17-,19-. The highest BCUT2D eigenvalue weighted by Gasteiger charge is 2.32. The van der Waals surface area contributed by atoms with Gasteiger partial charge in [-0.3, -0.25) is 9.69 Å². The van der Waals surface area contributed by atoms with Gasteiger partial charge in [-0.2, -0.15) is 0 Å². The van der Waals surface area contributed by atoms with Crippen molar-refractivity contribution in [3.63, 3.8) is 0 Å². The lowest BCUT2D eigenvalue weighted by Crippen LogP contribution is -2.38.